The summed E-state index contributed by atoms with van der Waals surface area (Å²) >= 11 is 1.47. The highest BCUT2D eigenvalue weighted by molar-refractivity contribution is 7.08. The molecule has 1 aliphatic rings. The fourth-order valence-electron chi connectivity index (χ4n) is 3.71. The zero-order valence-corrected chi connectivity index (χ0v) is 17.6. The van der Waals surface area contributed by atoms with Crippen molar-refractivity contribution in [3.05, 3.63) is 88.1 Å². The quantitative estimate of drug-likeness (QED) is 0.669. The molecule has 0 aliphatic carbocycles. The van der Waals surface area contributed by atoms with E-state index < -0.39 is 0 Å². The van der Waals surface area contributed by atoms with Crippen LogP contribution in [0.3, 0.4) is 0 Å². The van der Waals surface area contributed by atoms with Gasteiger partial charge in [0.15, 0.2) is 0 Å². The Morgan fingerprint density at radius 3 is 2.50 bits per heavy atom. The van der Waals surface area contributed by atoms with Crippen LogP contribution in [0.1, 0.15) is 32.7 Å². The summed E-state index contributed by atoms with van der Waals surface area (Å²) in [6.45, 7) is 4.10. The standard InChI is InChI=1S/C24H25N3O2S/c28-23(20-11-16-30-18-20)25-22-10-5-4-9-21(22)24(29)27-13-6-12-26(14-15-27)17-19-7-2-1-3-8-19/h1-5,7-11,16,18H,6,12-15,17H2,(H,25,28). The monoisotopic (exact) mass is 419 g/mol. The van der Waals surface area contributed by atoms with E-state index in [9.17, 15) is 9.59 Å². The van der Waals surface area contributed by atoms with Crippen molar-refractivity contribution in [3.63, 3.8) is 0 Å². The zero-order chi connectivity index (χ0) is 20.8. The SMILES string of the molecule is O=C(Nc1ccccc1C(=O)N1CCCN(Cc2ccccc2)CC1)c1ccsc1. The van der Waals surface area contributed by atoms with Crippen LogP contribution >= 0.6 is 11.3 Å². The summed E-state index contributed by atoms with van der Waals surface area (Å²) in [5.74, 6) is -0.223. The van der Waals surface area contributed by atoms with E-state index in [1.165, 1.54) is 16.9 Å². The molecule has 1 aromatic heterocycles. The minimum absolute atomic E-state index is 0.0298. The third kappa shape index (κ3) is 4.96. The van der Waals surface area contributed by atoms with Crippen molar-refractivity contribution in [2.45, 2.75) is 13.0 Å². The lowest BCUT2D eigenvalue weighted by atomic mass is 10.1. The number of carbonyl (C=O) groups is 2. The van der Waals surface area contributed by atoms with E-state index >= 15 is 0 Å². The van der Waals surface area contributed by atoms with Gasteiger partial charge >= 0.3 is 0 Å². The molecule has 0 radical (unpaired) electrons. The van der Waals surface area contributed by atoms with Gasteiger partial charge in [-0.3, -0.25) is 14.5 Å². The number of hydrogen-bond donors (Lipinski definition) is 1. The second-order valence-electron chi connectivity index (χ2n) is 7.42. The summed E-state index contributed by atoms with van der Waals surface area (Å²) in [5, 5.41) is 6.57. The number of nitrogens with zero attached hydrogens (tertiary/aromatic N) is 2. The number of amides is 2. The van der Waals surface area contributed by atoms with Crippen LogP contribution in [0, 0.1) is 0 Å². The second kappa shape index (κ2) is 9.69. The highest BCUT2D eigenvalue weighted by Gasteiger charge is 2.23. The molecule has 4 rings (SSSR count). The topological polar surface area (TPSA) is 52.7 Å². The maximum absolute atomic E-state index is 13.3. The predicted molar refractivity (Wildman–Crippen MR) is 121 cm³/mol. The first-order valence-corrected chi connectivity index (χ1v) is 11.1. The van der Waals surface area contributed by atoms with Crippen molar-refractivity contribution in [3.8, 4) is 0 Å². The Balaban J connectivity index is 1.42. The molecule has 1 fully saturated rings. The lowest BCUT2D eigenvalue weighted by molar-refractivity contribution is 0.0762. The largest absolute Gasteiger partial charge is 0.337 e. The summed E-state index contributed by atoms with van der Waals surface area (Å²) < 4.78 is 0. The Morgan fingerprint density at radius 2 is 1.70 bits per heavy atom. The van der Waals surface area contributed by atoms with Crippen LogP contribution in [-0.2, 0) is 6.54 Å². The van der Waals surface area contributed by atoms with Crippen LogP contribution in [0.5, 0.6) is 0 Å². The average molecular weight is 420 g/mol. The molecule has 0 saturated carbocycles. The van der Waals surface area contributed by atoms with Gasteiger partial charge < -0.3 is 10.2 Å². The van der Waals surface area contributed by atoms with Gasteiger partial charge in [0.25, 0.3) is 11.8 Å². The molecule has 2 heterocycles. The molecule has 1 aliphatic heterocycles. The van der Waals surface area contributed by atoms with Gasteiger partial charge in [-0.2, -0.15) is 11.3 Å². The van der Waals surface area contributed by atoms with Crippen LogP contribution in [0.25, 0.3) is 0 Å². The van der Waals surface area contributed by atoms with E-state index in [0.29, 0.717) is 23.4 Å². The van der Waals surface area contributed by atoms with Crippen molar-refractivity contribution >= 4 is 28.8 Å². The van der Waals surface area contributed by atoms with E-state index in [-0.39, 0.29) is 11.8 Å². The highest BCUT2D eigenvalue weighted by Crippen LogP contribution is 2.20. The lowest BCUT2D eigenvalue weighted by Crippen LogP contribution is -2.35. The van der Waals surface area contributed by atoms with Gasteiger partial charge in [0.05, 0.1) is 16.8 Å². The predicted octanol–water partition coefficient (Wildman–Crippen LogP) is 4.35. The van der Waals surface area contributed by atoms with Gasteiger partial charge in [-0.1, -0.05) is 42.5 Å². The van der Waals surface area contributed by atoms with E-state index in [1.54, 1.807) is 23.6 Å². The van der Waals surface area contributed by atoms with Crippen LogP contribution in [0.4, 0.5) is 5.69 Å². The molecule has 154 valence electrons. The van der Waals surface area contributed by atoms with Crippen LogP contribution in [0.2, 0.25) is 0 Å². The van der Waals surface area contributed by atoms with E-state index in [4.69, 9.17) is 0 Å². The molecule has 5 nitrogen and oxygen atoms in total. The minimum atomic E-state index is -0.193. The minimum Gasteiger partial charge on any atom is -0.337 e. The molecule has 2 amide bonds. The molecule has 30 heavy (non-hydrogen) atoms. The zero-order valence-electron chi connectivity index (χ0n) is 16.8. The van der Waals surface area contributed by atoms with Crippen molar-refractivity contribution in [1.82, 2.24) is 9.80 Å². The first-order valence-electron chi connectivity index (χ1n) is 10.2. The fraction of sp³-hybridized carbons (Fsp3) is 0.250. The molecule has 1 N–H and O–H groups in total. The highest BCUT2D eigenvalue weighted by atomic mass is 32.1. The number of thiophene rings is 1. The van der Waals surface area contributed by atoms with Gasteiger partial charge in [-0.25, -0.2) is 0 Å². The molecule has 0 unspecified atom stereocenters. The van der Waals surface area contributed by atoms with Crippen LogP contribution in [0.15, 0.2) is 71.4 Å². The van der Waals surface area contributed by atoms with Crippen LogP contribution in [-0.4, -0.2) is 47.8 Å². The molecule has 2 aromatic carbocycles. The third-order valence-electron chi connectivity index (χ3n) is 5.31. The van der Waals surface area contributed by atoms with Crippen molar-refractivity contribution in [2.75, 3.05) is 31.5 Å². The molecular weight excluding hydrogens is 394 g/mol. The van der Waals surface area contributed by atoms with Gasteiger partial charge in [0.2, 0.25) is 0 Å². The summed E-state index contributed by atoms with van der Waals surface area (Å²) in [4.78, 5) is 30.0. The first kappa shape index (κ1) is 20.3. The van der Waals surface area contributed by atoms with Gasteiger partial charge in [0.1, 0.15) is 0 Å². The van der Waals surface area contributed by atoms with Gasteiger partial charge in [0, 0.05) is 38.1 Å². The number of benzene rings is 2. The fourth-order valence-corrected chi connectivity index (χ4v) is 4.35. The van der Waals surface area contributed by atoms with Crippen molar-refractivity contribution < 1.29 is 9.59 Å². The summed E-state index contributed by atoms with van der Waals surface area (Å²) in [7, 11) is 0. The average Bonchev–Trinajstić information content (AvgIpc) is 3.22. The van der Waals surface area contributed by atoms with Crippen molar-refractivity contribution in [1.29, 1.82) is 0 Å². The maximum atomic E-state index is 13.3. The van der Waals surface area contributed by atoms with E-state index in [0.717, 1.165) is 32.6 Å². The molecule has 6 heteroatoms. The van der Waals surface area contributed by atoms with Crippen molar-refractivity contribution in [2.24, 2.45) is 0 Å². The number of rotatable bonds is 5. The molecule has 0 atom stereocenters. The summed E-state index contributed by atoms with van der Waals surface area (Å²) in [6.07, 6.45) is 0.933. The third-order valence-corrected chi connectivity index (χ3v) is 6.00. The van der Waals surface area contributed by atoms with Gasteiger partial charge in [-0.15, -0.1) is 0 Å². The summed E-state index contributed by atoms with van der Waals surface area (Å²) in [5.41, 5.74) is 2.99. The number of hydrogen-bond acceptors (Lipinski definition) is 4. The first-order chi connectivity index (χ1) is 14.7. The number of anilines is 1. The second-order valence-corrected chi connectivity index (χ2v) is 8.20. The Kier molecular flexibility index (Phi) is 6.57. The Morgan fingerprint density at radius 1 is 0.900 bits per heavy atom. The molecule has 1 saturated heterocycles. The molecule has 3 aromatic rings. The number of nitrogens with one attached hydrogen (secondary N) is 1. The van der Waals surface area contributed by atoms with Gasteiger partial charge in [-0.05, 0) is 35.6 Å². The summed E-state index contributed by atoms with van der Waals surface area (Å²) in [6, 6.07) is 19.5. The Bertz CT molecular complexity index is 989. The number of para-hydroxylation sites is 1. The Labute approximate surface area is 180 Å². The van der Waals surface area contributed by atoms with E-state index in [1.807, 2.05) is 28.5 Å². The smallest absolute Gasteiger partial charge is 0.256 e. The molecule has 0 bridgehead atoms. The molecule has 0 spiro atoms. The Hall–Kier alpha value is -2.96. The maximum Gasteiger partial charge on any atom is 0.256 e. The van der Waals surface area contributed by atoms with E-state index in [2.05, 4.69) is 34.5 Å². The van der Waals surface area contributed by atoms with Crippen LogP contribution < -0.4 is 5.32 Å². The lowest BCUT2D eigenvalue weighted by Gasteiger charge is -2.23. The normalized spacial score (nSPS) is 14.9. The number of carbonyl (C=O) groups excluding carboxylic acids is 2. The molecular formula is C24H25N3O2S.